The summed E-state index contributed by atoms with van der Waals surface area (Å²) in [5, 5.41) is 14.3. The van der Waals surface area contributed by atoms with Crippen molar-refractivity contribution in [3.8, 4) is 0 Å². The van der Waals surface area contributed by atoms with Crippen molar-refractivity contribution in [3.63, 3.8) is 0 Å². The van der Waals surface area contributed by atoms with Gasteiger partial charge in [-0.2, -0.15) is 0 Å². The molecule has 3 rings (SSSR count). The van der Waals surface area contributed by atoms with Gasteiger partial charge in [0.05, 0.1) is 28.4 Å². The summed E-state index contributed by atoms with van der Waals surface area (Å²) in [6, 6.07) is 9.54. The van der Waals surface area contributed by atoms with E-state index in [4.69, 9.17) is 17.0 Å². The van der Waals surface area contributed by atoms with E-state index in [1.807, 2.05) is 37.3 Å². The Labute approximate surface area is 186 Å². The molecule has 7 nitrogen and oxygen atoms in total. The number of nitrogens with one attached hydrogen (secondary N) is 3. The molecule has 1 aromatic carbocycles. The van der Waals surface area contributed by atoms with E-state index >= 15 is 0 Å². The number of hydrogen-bond acceptors (Lipinski definition) is 6. The van der Waals surface area contributed by atoms with Crippen LogP contribution in [-0.2, 0) is 6.54 Å². The van der Waals surface area contributed by atoms with Crippen molar-refractivity contribution in [3.05, 3.63) is 76.0 Å². The summed E-state index contributed by atoms with van der Waals surface area (Å²) in [6.07, 6.45) is 2.91. The fourth-order valence-corrected chi connectivity index (χ4v) is 3.42. The maximum atomic E-state index is 12.8. The van der Waals surface area contributed by atoms with Gasteiger partial charge in [0.25, 0.3) is 5.91 Å². The molecule has 0 unspecified atom stereocenters. The van der Waals surface area contributed by atoms with Crippen molar-refractivity contribution < 1.29 is 4.79 Å². The SMILES string of the molecule is CC(=N)c1c(NCc2cc(C)ncn2)ncc(C(=O)Nc2ccc(C(C)C)cc2)c1Cl. The molecule has 0 aliphatic heterocycles. The van der Waals surface area contributed by atoms with E-state index in [0.29, 0.717) is 29.5 Å². The standard InChI is InChI=1S/C23H25ClN6O/c1-13(2)16-5-7-17(8-6-16)30-23(31)19-11-27-22(20(15(4)25)21(19)24)26-10-18-9-14(3)28-12-29-18/h5-9,11-13,25H,10H2,1-4H3,(H,26,27)(H,30,31). The van der Waals surface area contributed by atoms with Gasteiger partial charge in [0.1, 0.15) is 12.1 Å². The molecule has 3 aromatic rings. The zero-order valence-corrected chi connectivity index (χ0v) is 18.7. The van der Waals surface area contributed by atoms with Crippen LogP contribution >= 0.6 is 11.6 Å². The highest BCUT2D eigenvalue weighted by molar-refractivity contribution is 6.38. The third kappa shape index (κ3) is 5.44. The molecule has 2 heterocycles. The number of aryl methyl sites for hydroxylation is 1. The van der Waals surface area contributed by atoms with Gasteiger partial charge in [0.2, 0.25) is 0 Å². The molecule has 0 saturated carbocycles. The Hall–Kier alpha value is -3.32. The first-order valence-electron chi connectivity index (χ1n) is 9.93. The minimum absolute atomic E-state index is 0.181. The number of nitrogens with zero attached hydrogens (tertiary/aromatic N) is 3. The van der Waals surface area contributed by atoms with Gasteiger partial charge >= 0.3 is 0 Å². The molecule has 2 aromatic heterocycles. The van der Waals surface area contributed by atoms with Crippen LogP contribution in [-0.4, -0.2) is 26.6 Å². The second-order valence-corrected chi connectivity index (χ2v) is 7.95. The highest BCUT2D eigenvalue weighted by Gasteiger charge is 2.20. The van der Waals surface area contributed by atoms with Gasteiger partial charge in [-0.1, -0.05) is 37.6 Å². The molecule has 160 valence electrons. The summed E-state index contributed by atoms with van der Waals surface area (Å²) < 4.78 is 0. The maximum Gasteiger partial charge on any atom is 0.258 e. The highest BCUT2D eigenvalue weighted by atomic mass is 35.5. The molecule has 0 aliphatic carbocycles. The summed E-state index contributed by atoms with van der Waals surface area (Å²) in [5.74, 6) is 0.453. The second-order valence-electron chi connectivity index (χ2n) is 7.57. The molecule has 0 spiro atoms. The third-order valence-corrected chi connectivity index (χ3v) is 5.16. The van der Waals surface area contributed by atoms with E-state index in [1.54, 1.807) is 6.92 Å². The van der Waals surface area contributed by atoms with E-state index in [9.17, 15) is 4.79 Å². The van der Waals surface area contributed by atoms with Gasteiger partial charge in [0.15, 0.2) is 0 Å². The summed E-state index contributed by atoms with van der Waals surface area (Å²) in [4.78, 5) is 25.5. The van der Waals surface area contributed by atoms with Crippen LogP contribution in [0.5, 0.6) is 0 Å². The highest BCUT2D eigenvalue weighted by Crippen LogP contribution is 2.28. The minimum Gasteiger partial charge on any atom is -0.364 e. The van der Waals surface area contributed by atoms with Gasteiger partial charge in [-0.3, -0.25) is 4.79 Å². The summed E-state index contributed by atoms with van der Waals surface area (Å²) in [7, 11) is 0. The van der Waals surface area contributed by atoms with Crippen LogP contribution in [0.2, 0.25) is 5.02 Å². The average molecular weight is 437 g/mol. The Morgan fingerprint density at radius 1 is 1.16 bits per heavy atom. The quantitative estimate of drug-likeness (QED) is 0.441. The summed E-state index contributed by atoms with van der Waals surface area (Å²) in [5.41, 5.74) is 4.29. The molecule has 0 atom stereocenters. The first-order valence-corrected chi connectivity index (χ1v) is 10.3. The van der Waals surface area contributed by atoms with Crippen molar-refractivity contribution in [2.75, 3.05) is 10.6 Å². The first-order chi connectivity index (χ1) is 14.8. The van der Waals surface area contributed by atoms with Crippen LogP contribution in [0.3, 0.4) is 0 Å². The van der Waals surface area contributed by atoms with Crippen LogP contribution in [0.4, 0.5) is 11.5 Å². The average Bonchev–Trinajstić information content (AvgIpc) is 2.72. The lowest BCUT2D eigenvalue weighted by Gasteiger charge is -2.15. The number of pyridine rings is 1. The predicted molar refractivity (Wildman–Crippen MR) is 124 cm³/mol. The smallest absolute Gasteiger partial charge is 0.258 e. The van der Waals surface area contributed by atoms with E-state index in [0.717, 1.165) is 11.4 Å². The first kappa shape index (κ1) is 22.4. The summed E-state index contributed by atoms with van der Waals surface area (Å²) in [6.45, 7) is 8.11. The second kappa shape index (κ2) is 9.66. The summed E-state index contributed by atoms with van der Waals surface area (Å²) >= 11 is 6.54. The van der Waals surface area contributed by atoms with E-state index in [-0.39, 0.29) is 22.2 Å². The third-order valence-electron chi connectivity index (χ3n) is 4.77. The Morgan fingerprint density at radius 2 is 1.87 bits per heavy atom. The number of halogens is 1. The van der Waals surface area contributed by atoms with Crippen molar-refractivity contribution in [2.45, 2.75) is 40.2 Å². The zero-order chi connectivity index (χ0) is 22.5. The maximum absolute atomic E-state index is 12.8. The lowest BCUT2D eigenvalue weighted by Crippen LogP contribution is -2.16. The molecule has 0 bridgehead atoms. The molecular weight excluding hydrogens is 412 g/mol. The Morgan fingerprint density at radius 3 is 2.48 bits per heavy atom. The molecule has 0 fully saturated rings. The predicted octanol–water partition coefficient (Wildman–Crippen LogP) is 5.21. The minimum atomic E-state index is -0.379. The van der Waals surface area contributed by atoms with Gasteiger partial charge in [-0.05, 0) is 43.5 Å². The number of benzene rings is 1. The molecule has 0 radical (unpaired) electrons. The van der Waals surface area contributed by atoms with Crippen LogP contribution in [0.1, 0.15) is 59.6 Å². The number of carbonyl (C=O) groups excluding carboxylic acids is 1. The molecule has 0 saturated heterocycles. The van der Waals surface area contributed by atoms with Crippen molar-refractivity contribution >= 4 is 34.7 Å². The molecular formula is C23H25ClN6O. The van der Waals surface area contributed by atoms with Crippen LogP contribution < -0.4 is 10.6 Å². The topological polar surface area (TPSA) is 104 Å². The Bertz CT molecular complexity index is 1110. The van der Waals surface area contributed by atoms with Gasteiger partial charge < -0.3 is 16.0 Å². The van der Waals surface area contributed by atoms with Crippen molar-refractivity contribution in [1.29, 1.82) is 5.41 Å². The number of carbonyl (C=O) groups is 1. The number of amides is 1. The van der Waals surface area contributed by atoms with Crippen molar-refractivity contribution in [2.24, 2.45) is 0 Å². The Kier molecular flexibility index (Phi) is 6.97. The normalized spacial score (nSPS) is 10.8. The van der Waals surface area contributed by atoms with Gasteiger partial charge in [0, 0.05) is 23.3 Å². The van der Waals surface area contributed by atoms with Crippen LogP contribution in [0.25, 0.3) is 0 Å². The fraction of sp³-hybridized carbons (Fsp3) is 0.261. The lowest BCUT2D eigenvalue weighted by atomic mass is 10.0. The fourth-order valence-electron chi connectivity index (χ4n) is 3.05. The molecule has 31 heavy (non-hydrogen) atoms. The number of rotatable bonds is 7. The molecule has 0 aliphatic rings. The molecule has 8 heteroatoms. The number of aromatic nitrogens is 3. The van der Waals surface area contributed by atoms with Crippen LogP contribution in [0, 0.1) is 12.3 Å². The number of anilines is 2. The van der Waals surface area contributed by atoms with E-state index < -0.39 is 0 Å². The monoisotopic (exact) mass is 436 g/mol. The lowest BCUT2D eigenvalue weighted by molar-refractivity contribution is 0.102. The number of hydrogen-bond donors (Lipinski definition) is 3. The Balaban J connectivity index is 1.82. The van der Waals surface area contributed by atoms with E-state index in [1.165, 1.54) is 18.1 Å². The van der Waals surface area contributed by atoms with Gasteiger partial charge in [-0.25, -0.2) is 15.0 Å². The molecule has 1 amide bonds. The largest absolute Gasteiger partial charge is 0.364 e. The zero-order valence-electron chi connectivity index (χ0n) is 18.0. The van der Waals surface area contributed by atoms with Crippen molar-refractivity contribution in [1.82, 2.24) is 15.0 Å². The van der Waals surface area contributed by atoms with Gasteiger partial charge in [-0.15, -0.1) is 0 Å². The van der Waals surface area contributed by atoms with E-state index in [2.05, 4.69) is 39.4 Å². The molecule has 3 N–H and O–H groups in total. The van der Waals surface area contributed by atoms with Crippen LogP contribution in [0.15, 0.2) is 42.9 Å².